The predicted molar refractivity (Wildman–Crippen MR) is 91.5 cm³/mol. The van der Waals surface area contributed by atoms with E-state index < -0.39 is 5.60 Å². The van der Waals surface area contributed by atoms with Crippen LogP contribution in [0.5, 0.6) is 0 Å². The van der Waals surface area contributed by atoms with E-state index in [1.165, 1.54) is 5.69 Å². The Kier molecular flexibility index (Phi) is 3.96. The van der Waals surface area contributed by atoms with Crippen LogP contribution in [0.3, 0.4) is 0 Å². The van der Waals surface area contributed by atoms with Crippen LogP contribution in [-0.2, 0) is 24.8 Å². The molecule has 1 amide bonds. The van der Waals surface area contributed by atoms with Gasteiger partial charge in [0.1, 0.15) is 11.3 Å². The fraction of sp³-hybridized carbons (Fsp3) is 0.529. The molecule has 23 heavy (non-hydrogen) atoms. The van der Waals surface area contributed by atoms with Gasteiger partial charge in [-0.3, -0.25) is 4.68 Å². The lowest BCUT2D eigenvalue weighted by Gasteiger charge is -2.35. The van der Waals surface area contributed by atoms with E-state index in [-0.39, 0.29) is 12.1 Å². The van der Waals surface area contributed by atoms with Gasteiger partial charge in [-0.1, -0.05) is 6.07 Å². The Morgan fingerprint density at radius 3 is 2.78 bits per heavy atom. The summed E-state index contributed by atoms with van der Waals surface area (Å²) >= 11 is 1.67. The van der Waals surface area contributed by atoms with E-state index in [4.69, 9.17) is 4.74 Å². The molecule has 3 rings (SSSR count). The summed E-state index contributed by atoms with van der Waals surface area (Å²) in [6, 6.07) is 4.20. The molecule has 0 fully saturated rings. The van der Waals surface area contributed by atoms with E-state index in [0.29, 0.717) is 6.54 Å². The second-order valence-corrected chi connectivity index (χ2v) is 7.98. The van der Waals surface area contributed by atoms with E-state index in [2.05, 4.69) is 18.1 Å². The highest BCUT2D eigenvalue weighted by atomic mass is 32.1. The van der Waals surface area contributed by atoms with Crippen molar-refractivity contribution in [3.8, 4) is 10.6 Å². The molecule has 6 heteroatoms. The molecule has 2 aromatic heterocycles. The average molecular weight is 333 g/mol. The third-order valence-electron chi connectivity index (χ3n) is 4.01. The summed E-state index contributed by atoms with van der Waals surface area (Å²) in [5, 5.41) is 6.73. The molecule has 0 saturated carbocycles. The Bertz CT molecular complexity index is 713. The van der Waals surface area contributed by atoms with Crippen molar-refractivity contribution in [2.24, 2.45) is 7.05 Å². The highest BCUT2D eigenvalue weighted by Gasteiger charge is 2.34. The van der Waals surface area contributed by atoms with Crippen LogP contribution in [0.2, 0.25) is 0 Å². The van der Waals surface area contributed by atoms with Crippen molar-refractivity contribution >= 4 is 17.4 Å². The molecule has 0 unspecified atom stereocenters. The number of hydrogen-bond acceptors (Lipinski definition) is 4. The number of thiophene rings is 1. The zero-order valence-electron chi connectivity index (χ0n) is 14.3. The molecule has 0 N–H and O–H groups in total. The Morgan fingerprint density at radius 1 is 1.43 bits per heavy atom. The molecule has 0 aliphatic carbocycles. The van der Waals surface area contributed by atoms with Gasteiger partial charge in [0.15, 0.2) is 0 Å². The van der Waals surface area contributed by atoms with Crippen molar-refractivity contribution in [3.05, 3.63) is 28.8 Å². The van der Waals surface area contributed by atoms with E-state index in [9.17, 15) is 4.79 Å². The summed E-state index contributed by atoms with van der Waals surface area (Å²) in [4.78, 5) is 15.5. The highest BCUT2D eigenvalue weighted by molar-refractivity contribution is 7.13. The molecule has 0 radical (unpaired) electrons. The lowest BCUT2D eigenvalue weighted by molar-refractivity contribution is 0.0136. The summed E-state index contributed by atoms with van der Waals surface area (Å²) in [5.74, 6) is 0. The van der Waals surface area contributed by atoms with Gasteiger partial charge in [0.25, 0.3) is 0 Å². The molecule has 124 valence electrons. The van der Waals surface area contributed by atoms with Crippen LogP contribution < -0.4 is 0 Å². The maximum Gasteiger partial charge on any atom is 0.410 e. The second-order valence-electron chi connectivity index (χ2n) is 7.04. The molecule has 0 aromatic carbocycles. The van der Waals surface area contributed by atoms with Crippen molar-refractivity contribution in [1.82, 2.24) is 14.7 Å². The smallest absolute Gasteiger partial charge is 0.410 e. The van der Waals surface area contributed by atoms with Gasteiger partial charge >= 0.3 is 6.09 Å². The standard InChI is InChI=1S/C17H23N3O2S/c1-11-9-13-12(10-20(11)16(21)22-17(2,3)4)15(18-19(13)5)14-7-6-8-23-14/h6-8,11H,9-10H2,1-5H3/t11-/m0/s1. The third kappa shape index (κ3) is 3.13. The van der Waals surface area contributed by atoms with E-state index in [1.807, 2.05) is 48.8 Å². The monoisotopic (exact) mass is 333 g/mol. The first-order valence-corrected chi connectivity index (χ1v) is 8.72. The maximum absolute atomic E-state index is 12.5. The Balaban J connectivity index is 1.93. The SMILES string of the molecule is C[C@H]1Cc2c(c(-c3cccs3)nn2C)CN1C(=O)OC(C)(C)C. The molecule has 0 spiro atoms. The van der Waals surface area contributed by atoms with Crippen LogP contribution in [0.4, 0.5) is 4.79 Å². The number of hydrogen-bond donors (Lipinski definition) is 0. The molecule has 2 aromatic rings. The quantitative estimate of drug-likeness (QED) is 0.797. The Hall–Kier alpha value is -1.82. The van der Waals surface area contributed by atoms with Gasteiger partial charge < -0.3 is 9.64 Å². The van der Waals surface area contributed by atoms with Crippen molar-refractivity contribution in [2.75, 3.05) is 0 Å². The summed E-state index contributed by atoms with van der Waals surface area (Å²) < 4.78 is 7.51. The number of carbonyl (C=O) groups excluding carboxylic acids is 1. The van der Waals surface area contributed by atoms with Crippen LogP contribution in [0.1, 0.15) is 39.0 Å². The van der Waals surface area contributed by atoms with Crippen LogP contribution in [-0.4, -0.2) is 32.4 Å². The topological polar surface area (TPSA) is 47.4 Å². The molecule has 5 nitrogen and oxygen atoms in total. The first kappa shape index (κ1) is 16.1. The molecule has 0 saturated heterocycles. The van der Waals surface area contributed by atoms with Gasteiger partial charge in [-0.15, -0.1) is 11.3 Å². The van der Waals surface area contributed by atoms with E-state index in [1.54, 1.807) is 11.3 Å². The lowest BCUT2D eigenvalue weighted by Crippen LogP contribution is -2.45. The molecular formula is C17H23N3O2S. The summed E-state index contributed by atoms with van der Waals surface area (Å²) in [6.45, 7) is 8.29. The summed E-state index contributed by atoms with van der Waals surface area (Å²) in [7, 11) is 1.98. The van der Waals surface area contributed by atoms with Crippen molar-refractivity contribution < 1.29 is 9.53 Å². The van der Waals surface area contributed by atoms with Gasteiger partial charge in [-0.2, -0.15) is 5.10 Å². The van der Waals surface area contributed by atoms with Crippen molar-refractivity contribution in [3.63, 3.8) is 0 Å². The largest absolute Gasteiger partial charge is 0.444 e. The van der Waals surface area contributed by atoms with Crippen LogP contribution in [0.25, 0.3) is 10.6 Å². The number of ether oxygens (including phenoxy) is 1. The minimum absolute atomic E-state index is 0.101. The Labute approximate surface area is 140 Å². The number of fused-ring (bicyclic) bond motifs is 1. The molecule has 1 aliphatic heterocycles. The van der Waals surface area contributed by atoms with Crippen LogP contribution in [0, 0.1) is 0 Å². The highest BCUT2D eigenvalue weighted by Crippen LogP contribution is 2.34. The van der Waals surface area contributed by atoms with Crippen molar-refractivity contribution in [1.29, 1.82) is 0 Å². The predicted octanol–water partition coefficient (Wildman–Crippen LogP) is 3.83. The summed E-state index contributed by atoms with van der Waals surface area (Å²) in [6.07, 6.45) is 0.542. The molecule has 1 atom stereocenters. The fourth-order valence-corrected chi connectivity index (χ4v) is 3.65. The zero-order chi connectivity index (χ0) is 16.8. The van der Waals surface area contributed by atoms with Gasteiger partial charge in [-0.25, -0.2) is 4.79 Å². The molecular weight excluding hydrogens is 310 g/mol. The number of nitrogens with zero attached hydrogens (tertiary/aromatic N) is 3. The maximum atomic E-state index is 12.5. The van der Waals surface area contributed by atoms with Gasteiger partial charge in [-0.05, 0) is 39.1 Å². The normalized spacial score (nSPS) is 18.0. The average Bonchev–Trinajstić information content (AvgIpc) is 3.05. The number of aromatic nitrogens is 2. The summed E-state index contributed by atoms with van der Waals surface area (Å²) in [5.41, 5.74) is 2.85. The first-order chi connectivity index (χ1) is 10.8. The van der Waals surface area contributed by atoms with Crippen molar-refractivity contribution in [2.45, 2.75) is 52.3 Å². The lowest BCUT2D eigenvalue weighted by atomic mass is 9.99. The third-order valence-corrected chi connectivity index (χ3v) is 4.88. The molecule has 3 heterocycles. The van der Waals surface area contributed by atoms with E-state index >= 15 is 0 Å². The zero-order valence-corrected chi connectivity index (χ0v) is 15.1. The molecule has 1 aliphatic rings. The molecule has 0 bridgehead atoms. The van der Waals surface area contributed by atoms with Crippen LogP contribution in [0.15, 0.2) is 17.5 Å². The minimum atomic E-state index is -0.484. The first-order valence-electron chi connectivity index (χ1n) is 7.84. The second kappa shape index (κ2) is 5.67. The van der Waals surface area contributed by atoms with Gasteiger partial charge in [0.2, 0.25) is 0 Å². The van der Waals surface area contributed by atoms with Gasteiger partial charge in [0.05, 0.1) is 11.4 Å². The number of amides is 1. The number of rotatable bonds is 1. The number of aryl methyl sites for hydroxylation is 1. The number of carbonyl (C=O) groups is 1. The van der Waals surface area contributed by atoms with Crippen LogP contribution >= 0.6 is 11.3 Å². The minimum Gasteiger partial charge on any atom is -0.444 e. The Morgan fingerprint density at radius 2 is 2.17 bits per heavy atom. The fourth-order valence-electron chi connectivity index (χ4n) is 2.92. The van der Waals surface area contributed by atoms with Gasteiger partial charge in [0, 0.05) is 30.8 Å². The van der Waals surface area contributed by atoms with E-state index in [0.717, 1.165) is 22.6 Å².